The summed E-state index contributed by atoms with van der Waals surface area (Å²) >= 11 is 0. The predicted molar refractivity (Wildman–Crippen MR) is 74.2 cm³/mol. The lowest BCUT2D eigenvalue weighted by Crippen LogP contribution is -2.24. The number of nitrogens with one attached hydrogen (secondary N) is 2. The Morgan fingerprint density at radius 3 is 2.45 bits per heavy atom. The molecule has 2 N–H and O–H groups in total. The van der Waals surface area contributed by atoms with E-state index in [1.807, 2.05) is 7.05 Å². The highest BCUT2D eigenvalue weighted by Gasteiger charge is 2.14. The molecule has 0 atom stereocenters. The van der Waals surface area contributed by atoms with Crippen LogP contribution in [0.4, 0.5) is 0 Å². The second-order valence-electron chi connectivity index (χ2n) is 4.33. The molecule has 8 heteroatoms. The molecule has 2 rings (SSSR count). The van der Waals surface area contributed by atoms with Crippen LogP contribution in [0.1, 0.15) is 11.4 Å². The summed E-state index contributed by atoms with van der Waals surface area (Å²) in [6.07, 6.45) is 1.52. The lowest BCUT2D eigenvalue weighted by molar-refractivity contribution is 0.578. The highest BCUT2D eigenvalue weighted by Crippen LogP contribution is 2.10. The van der Waals surface area contributed by atoms with E-state index in [0.29, 0.717) is 12.4 Å². The van der Waals surface area contributed by atoms with Crippen molar-refractivity contribution in [2.45, 2.75) is 18.0 Å². The van der Waals surface area contributed by atoms with E-state index in [1.165, 1.54) is 11.0 Å². The Labute approximate surface area is 118 Å². The van der Waals surface area contributed by atoms with Gasteiger partial charge in [-0.2, -0.15) is 5.10 Å². The van der Waals surface area contributed by atoms with Gasteiger partial charge in [-0.15, -0.1) is 0 Å². The Balaban J connectivity index is 2.05. The maximum Gasteiger partial charge on any atom is 0.240 e. The molecule has 0 radical (unpaired) electrons. The van der Waals surface area contributed by atoms with Gasteiger partial charge in [-0.1, -0.05) is 12.1 Å². The van der Waals surface area contributed by atoms with E-state index in [4.69, 9.17) is 0 Å². The number of benzene rings is 1. The SMILES string of the molecule is CNCc1ccc(S(=O)(=O)NCc2ncn(C)n2)cc1. The zero-order valence-corrected chi connectivity index (χ0v) is 12.2. The Morgan fingerprint density at radius 2 is 1.90 bits per heavy atom. The standard InChI is InChI=1S/C12H17N5O2S/c1-13-7-10-3-5-11(6-4-10)20(18,19)15-8-12-14-9-17(2)16-12/h3-6,9,13,15H,7-8H2,1-2H3. The summed E-state index contributed by atoms with van der Waals surface area (Å²) < 4.78 is 28.2. The van der Waals surface area contributed by atoms with Gasteiger partial charge < -0.3 is 5.32 Å². The molecular formula is C12H17N5O2S. The van der Waals surface area contributed by atoms with Crippen LogP contribution < -0.4 is 10.0 Å². The molecule has 2 aromatic rings. The fourth-order valence-electron chi connectivity index (χ4n) is 1.70. The van der Waals surface area contributed by atoms with Crippen molar-refractivity contribution >= 4 is 10.0 Å². The summed E-state index contributed by atoms with van der Waals surface area (Å²) in [6, 6.07) is 6.73. The molecule has 108 valence electrons. The fraction of sp³-hybridized carbons (Fsp3) is 0.333. The van der Waals surface area contributed by atoms with Crippen molar-refractivity contribution < 1.29 is 8.42 Å². The molecule has 0 aliphatic rings. The number of aryl methyl sites for hydroxylation is 1. The number of hydrogen-bond acceptors (Lipinski definition) is 5. The van der Waals surface area contributed by atoms with Crippen molar-refractivity contribution in [3.63, 3.8) is 0 Å². The summed E-state index contributed by atoms with van der Waals surface area (Å²) in [4.78, 5) is 4.20. The van der Waals surface area contributed by atoms with Crippen LogP contribution in [0.3, 0.4) is 0 Å². The van der Waals surface area contributed by atoms with Gasteiger partial charge in [0.25, 0.3) is 0 Å². The quantitative estimate of drug-likeness (QED) is 0.784. The van der Waals surface area contributed by atoms with Gasteiger partial charge >= 0.3 is 0 Å². The van der Waals surface area contributed by atoms with Gasteiger partial charge in [0.2, 0.25) is 10.0 Å². The topological polar surface area (TPSA) is 88.9 Å². The Kier molecular flexibility index (Phi) is 4.48. The Hall–Kier alpha value is -1.77. The lowest BCUT2D eigenvalue weighted by atomic mass is 10.2. The van der Waals surface area contributed by atoms with Crippen LogP contribution in [0.15, 0.2) is 35.5 Å². The first-order valence-electron chi connectivity index (χ1n) is 6.09. The average Bonchev–Trinajstić information content (AvgIpc) is 2.84. The third-order valence-electron chi connectivity index (χ3n) is 2.68. The molecule has 0 aliphatic carbocycles. The molecule has 0 saturated carbocycles. The van der Waals surface area contributed by atoms with Crippen molar-refractivity contribution in [3.8, 4) is 0 Å². The molecule has 0 spiro atoms. The first kappa shape index (κ1) is 14.6. The number of aromatic nitrogens is 3. The first-order chi connectivity index (χ1) is 9.51. The number of rotatable bonds is 6. The second-order valence-corrected chi connectivity index (χ2v) is 6.10. The van der Waals surface area contributed by atoms with E-state index in [-0.39, 0.29) is 11.4 Å². The summed E-state index contributed by atoms with van der Waals surface area (Å²) in [5.74, 6) is 0.433. The zero-order valence-electron chi connectivity index (χ0n) is 11.4. The van der Waals surface area contributed by atoms with Gasteiger partial charge in [0, 0.05) is 13.6 Å². The first-order valence-corrected chi connectivity index (χ1v) is 7.57. The van der Waals surface area contributed by atoms with Crippen molar-refractivity contribution in [3.05, 3.63) is 42.0 Å². The molecule has 0 amide bonds. The van der Waals surface area contributed by atoms with Crippen LogP contribution in [-0.4, -0.2) is 30.2 Å². The van der Waals surface area contributed by atoms with Crippen molar-refractivity contribution in [2.24, 2.45) is 7.05 Å². The van der Waals surface area contributed by atoms with Crippen LogP contribution in [0.5, 0.6) is 0 Å². The average molecular weight is 295 g/mol. The predicted octanol–water partition coefficient (Wildman–Crippen LogP) is 0.0130. The molecule has 1 aromatic carbocycles. The van der Waals surface area contributed by atoms with Gasteiger partial charge in [0.05, 0.1) is 11.4 Å². The van der Waals surface area contributed by atoms with Crippen molar-refractivity contribution in [2.75, 3.05) is 7.05 Å². The van der Waals surface area contributed by atoms with E-state index in [0.717, 1.165) is 5.56 Å². The molecular weight excluding hydrogens is 278 g/mol. The largest absolute Gasteiger partial charge is 0.316 e. The molecule has 1 heterocycles. The highest BCUT2D eigenvalue weighted by molar-refractivity contribution is 7.89. The van der Waals surface area contributed by atoms with Gasteiger partial charge in [-0.25, -0.2) is 18.1 Å². The van der Waals surface area contributed by atoms with E-state index in [9.17, 15) is 8.42 Å². The highest BCUT2D eigenvalue weighted by atomic mass is 32.2. The monoisotopic (exact) mass is 295 g/mol. The Morgan fingerprint density at radius 1 is 1.20 bits per heavy atom. The molecule has 0 fully saturated rings. The third kappa shape index (κ3) is 3.62. The van der Waals surface area contributed by atoms with Gasteiger partial charge in [-0.05, 0) is 24.7 Å². The summed E-state index contributed by atoms with van der Waals surface area (Å²) in [5, 5.41) is 7.02. The maximum atomic E-state index is 12.1. The minimum atomic E-state index is -3.54. The van der Waals surface area contributed by atoms with Crippen LogP contribution in [0.2, 0.25) is 0 Å². The third-order valence-corrected chi connectivity index (χ3v) is 4.10. The van der Waals surface area contributed by atoms with E-state index < -0.39 is 10.0 Å². The number of hydrogen-bond donors (Lipinski definition) is 2. The minimum absolute atomic E-state index is 0.0709. The number of nitrogens with zero attached hydrogens (tertiary/aromatic N) is 3. The fourth-order valence-corrected chi connectivity index (χ4v) is 2.68. The van der Waals surface area contributed by atoms with Gasteiger partial charge in [0.1, 0.15) is 6.33 Å². The van der Waals surface area contributed by atoms with E-state index >= 15 is 0 Å². The van der Waals surface area contributed by atoms with Crippen LogP contribution in [-0.2, 0) is 30.2 Å². The molecule has 1 aromatic heterocycles. The van der Waals surface area contributed by atoms with Crippen molar-refractivity contribution in [1.82, 2.24) is 24.8 Å². The molecule has 20 heavy (non-hydrogen) atoms. The van der Waals surface area contributed by atoms with Gasteiger partial charge in [-0.3, -0.25) is 4.68 Å². The minimum Gasteiger partial charge on any atom is -0.316 e. The Bertz CT molecular complexity index is 663. The molecule has 0 bridgehead atoms. The summed E-state index contributed by atoms with van der Waals surface area (Å²) in [7, 11) is 0.0264. The van der Waals surface area contributed by atoms with E-state index in [2.05, 4.69) is 20.1 Å². The zero-order chi connectivity index (χ0) is 14.6. The lowest BCUT2D eigenvalue weighted by Gasteiger charge is -2.06. The van der Waals surface area contributed by atoms with Crippen LogP contribution >= 0.6 is 0 Å². The van der Waals surface area contributed by atoms with E-state index in [1.54, 1.807) is 31.3 Å². The molecule has 0 unspecified atom stereocenters. The van der Waals surface area contributed by atoms with Gasteiger partial charge in [0.15, 0.2) is 5.82 Å². The molecule has 7 nitrogen and oxygen atoms in total. The second kappa shape index (κ2) is 6.12. The molecule has 0 aliphatic heterocycles. The maximum absolute atomic E-state index is 12.1. The normalized spacial score (nSPS) is 11.7. The summed E-state index contributed by atoms with van der Waals surface area (Å²) in [6.45, 7) is 0.771. The van der Waals surface area contributed by atoms with Crippen molar-refractivity contribution in [1.29, 1.82) is 0 Å². The molecule has 0 saturated heterocycles. The van der Waals surface area contributed by atoms with Crippen LogP contribution in [0, 0.1) is 0 Å². The smallest absolute Gasteiger partial charge is 0.240 e. The van der Waals surface area contributed by atoms with Crippen LogP contribution in [0.25, 0.3) is 0 Å². The summed E-state index contributed by atoms with van der Waals surface area (Å²) in [5.41, 5.74) is 1.03. The number of sulfonamides is 1.